The van der Waals surface area contributed by atoms with Gasteiger partial charge in [0.25, 0.3) is 10.0 Å². The van der Waals surface area contributed by atoms with E-state index >= 15 is 0 Å². The van der Waals surface area contributed by atoms with Gasteiger partial charge in [0.05, 0.1) is 36.2 Å². The number of anilines is 2. The molecule has 3 aromatic rings. The number of thioether (sulfide) groups is 1. The summed E-state index contributed by atoms with van der Waals surface area (Å²) in [5.74, 6) is 1.22. The average Bonchev–Trinajstić information content (AvgIpc) is 3.19. The van der Waals surface area contributed by atoms with Crippen LogP contribution in [0.5, 0.6) is 11.5 Å². The fourth-order valence-corrected chi connectivity index (χ4v) is 5.94. The number of para-hydroxylation sites is 1. The van der Waals surface area contributed by atoms with Crippen LogP contribution >= 0.6 is 23.4 Å². The summed E-state index contributed by atoms with van der Waals surface area (Å²) in [4.78, 5) is 14.6. The molecule has 0 saturated carbocycles. The Balaban J connectivity index is 1.72. The first-order chi connectivity index (χ1) is 15.8. The highest BCUT2D eigenvalue weighted by Gasteiger charge is 2.37. The molecule has 172 valence electrons. The van der Waals surface area contributed by atoms with E-state index in [1.165, 1.54) is 43.1 Å². The van der Waals surface area contributed by atoms with Gasteiger partial charge in [0.15, 0.2) is 0 Å². The third kappa shape index (κ3) is 4.75. The van der Waals surface area contributed by atoms with E-state index in [2.05, 4.69) is 4.72 Å². The molecule has 0 radical (unpaired) electrons. The van der Waals surface area contributed by atoms with E-state index < -0.39 is 15.4 Å². The fourth-order valence-electron chi connectivity index (χ4n) is 3.52. The van der Waals surface area contributed by atoms with Gasteiger partial charge in [0.1, 0.15) is 16.9 Å². The number of amides is 1. The van der Waals surface area contributed by atoms with Crippen LogP contribution in [0.25, 0.3) is 0 Å². The smallest absolute Gasteiger partial charge is 0.261 e. The number of nitrogens with one attached hydrogen (secondary N) is 1. The second-order valence-corrected chi connectivity index (χ2v) is 10.3. The highest BCUT2D eigenvalue weighted by Crippen LogP contribution is 2.47. The van der Waals surface area contributed by atoms with Crippen LogP contribution in [-0.2, 0) is 14.8 Å². The zero-order valence-corrected chi connectivity index (χ0v) is 20.2. The second-order valence-electron chi connectivity index (χ2n) is 7.11. The predicted molar refractivity (Wildman–Crippen MR) is 131 cm³/mol. The van der Waals surface area contributed by atoms with Gasteiger partial charge < -0.3 is 9.47 Å². The van der Waals surface area contributed by atoms with Crippen LogP contribution in [0, 0.1) is 0 Å². The van der Waals surface area contributed by atoms with Crippen LogP contribution in [0.3, 0.4) is 0 Å². The van der Waals surface area contributed by atoms with Gasteiger partial charge in [-0.1, -0.05) is 29.8 Å². The maximum Gasteiger partial charge on any atom is 0.261 e. The Hall–Kier alpha value is -2.88. The van der Waals surface area contributed by atoms with Crippen molar-refractivity contribution in [3.8, 4) is 11.5 Å². The molecule has 4 rings (SSSR count). The lowest BCUT2D eigenvalue weighted by molar-refractivity contribution is -0.115. The van der Waals surface area contributed by atoms with Gasteiger partial charge in [-0.3, -0.25) is 14.4 Å². The predicted octanol–water partition coefficient (Wildman–Crippen LogP) is 4.94. The highest BCUT2D eigenvalue weighted by atomic mass is 35.5. The monoisotopic (exact) mass is 504 g/mol. The molecule has 0 bridgehead atoms. The van der Waals surface area contributed by atoms with Crippen molar-refractivity contribution in [2.24, 2.45) is 0 Å². The van der Waals surface area contributed by atoms with Crippen LogP contribution in [0.15, 0.2) is 71.6 Å². The zero-order chi connectivity index (χ0) is 23.6. The van der Waals surface area contributed by atoms with Gasteiger partial charge in [-0.2, -0.15) is 0 Å². The SMILES string of the molecule is COc1ccc(N2C(=O)CSC2c2ccccc2NS(=O)(=O)c2ccc(Cl)cc2)c(OC)c1. The molecule has 10 heteroatoms. The summed E-state index contributed by atoms with van der Waals surface area (Å²) in [6, 6.07) is 18.2. The van der Waals surface area contributed by atoms with Gasteiger partial charge in [-0.25, -0.2) is 8.42 Å². The van der Waals surface area contributed by atoms with Crippen LogP contribution in [0.2, 0.25) is 5.02 Å². The number of sulfonamides is 1. The van der Waals surface area contributed by atoms with Crippen molar-refractivity contribution in [3.63, 3.8) is 0 Å². The number of carbonyl (C=O) groups excluding carboxylic acids is 1. The number of benzene rings is 3. The van der Waals surface area contributed by atoms with Gasteiger partial charge >= 0.3 is 0 Å². The summed E-state index contributed by atoms with van der Waals surface area (Å²) in [7, 11) is -0.786. The summed E-state index contributed by atoms with van der Waals surface area (Å²) in [6.45, 7) is 0. The lowest BCUT2D eigenvalue weighted by Gasteiger charge is -2.27. The Kier molecular flexibility index (Phi) is 6.73. The number of ether oxygens (including phenoxy) is 2. The van der Waals surface area contributed by atoms with Crippen molar-refractivity contribution in [2.75, 3.05) is 29.6 Å². The Morgan fingerprint density at radius 3 is 2.45 bits per heavy atom. The van der Waals surface area contributed by atoms with E-state index in [9.17, 15) is 13.2 Å². The van der Waals surface area contributed by atoms with E-state index in [1.807, 2.05) is 6.07 Å². The first-order valence-electron chi connectivity index (χ1n) is 9.87. The second kappa shape index (κ2) is 9.54. The highest BCUT2D eigenvalue weighted by molar-refractivity contribution is 8.00. The minimum atomic E-state index is -3.86. The van der Waals surface area contributed by atoms with Crippen molar-refractivity contribution in [3.05, 3.63) is 77.3 Å². The van der Waals surface area contributed by atoms with Gasteiger partial charge in [0.2, 0.25) is 5.91 Å². The molecule has 1 heterocycles. The number of rotatable bonds is 7. The molecule has 1 aliphatic heterocycles. The Bertz CT molecular complexity index is 1280. The molecule has 1 N–H and O–H groups in total. The number of carbonyl (C=O) groups is 1. The first-order valence-corrected chi connectivity index (χ1v) is 12.8. The first kappa shape index (κ1) is 23.3. The van der Waals surface area contributed by atoms with E-state index in [1.54, 1.807) is 48.4 Å². The molecule has 7 nitrogen and oxygen atoms in total. The van der Waals surface area contributed by atoms with Gasteiger partial charge in [-0.15, -0.1) is 11.8 Å². The molecule has 33 heavy (non-hydrogen) atoms. The molecular formula is C23H21ClN2O5S2. The molecule has 1 saturated heterocycles. The van der Waals surface area contributed by atoms with Crippen molar-refractivity contribution in [1.82, 2.24) is 0 Å². The Morgan fingerprint density at radius 1 is 1.03 bits per heavy atom. The summed E-state index contributed by atoms with van der Waals surface area (Å²) >= 11 is 7.30. The van der Waals surface area contributed by atoms with E-state index in [0.29, 0.717) is 33.5 Å². The van der Waals surface area contributed by atoms with Crippen molar-refractivity contribution >= 4 is 50.7 Å². The number of methoxy groups -OCH3 is 2. The molecule has 0 spiro atoms. The summed E-state index contributed by atoms with van der Waals surface area (Å²) in [5, 5.41) is -0.0109. The summed E-state index contributed by atoms with van der Waals surface area (Å²) < 4.78 is 39.4. The molecule has 3 aromatic carbocycles. The summed E-state index contributed by atoms with van der Waals surface area (Å²) in [6.07, 6.45) is 0. The molecular weight excluding hydrogens is 484 g/mol. The molecule has 0 aliphatic carbocycles. The van der Waals surface area contributed by atoms with Crippen molar-refractivity contribution in [1.29, 1.82) is 0 Å². The fraction of sp³-hybridized carbons (Fsp3) is 0.174. The average molecular weight is 505 g/mol. The number of hydrogen-bond acceptors (Lipinski definition) is 6. The minimum Gasteiger partial charge on any atom is -0.497 e. The maximum absolute atomic E-state index is 13.0. The molecule has 1 atom stereocenters. The lowest BCUT2D eigenvalue weighted by Crippen LogP contribution is -2.29. The molecule has 0 aromatic heterocycles. The Labute approximate surface area is 201 Å². The largest absolute Gasteiger partial charge is 0.497 e. The maximum atomic E-state index is 13.0. The zero-order valence-electron chi connectivity index (χ0n) is 17.8. The van der Waals surface area contributed by atoms with Crippen LogP contribution < -0.4 is 19.1 Å². The topological polar surface area (TPSA) is 84.9 Å². The van der Waals surface area contributed by atoms with Crippen molar-refractivity contribution < 1.29 is 22.7 Å². The number of nitrogens with zero attached hydrogens (tertiary/aromatic N) is 1. The minimum absolute atomic E-state index is 0.0885. The molecule has 1 unspecified atom stereocenters. The number of hydrogen-bond donors (Lipinski definition) is 1. The molecule has 1 fully saturated rings. The molecule has 1 aliphatic rings. The van der Waals surface area contributed by atoms with Crippen LogP contribution in [0.1, 0.15) is 10.9 Å². The van der Waals surface area contributed by atoms with Gasteiger partial charge in [-0.05, 0) is 42.5 Å². The lowest BCUT2D eigenvalue weighted by atomic mass is 10.1. The third-order valence-corrected chi connectivity index (χ3v) is 7.94. The van der Waals surface area contributed by atoms with E-state index in [0.717, 1.165) is 0 Å². The van der Waals surface area contributed by atoms with E-state index in [-0.39, 0.29) is 16.6 Å². The molecule has 1 amide bonds. The van der Waals surface area contributed by atoms with Gasteiger partial charge in [0, 0.05) is 16.7 Å². The van der Waals surface area contributed by atoms with E-state index in [4.69, 9.17) is 21.1 Å². The number of halogens is 1. The quantitative estimate of drug-likeness (QED) is 0.490. The summed E-state index contributed by atoms with van der Waals surface area (Å²) in [5.41, 5.74) is 1.62. The normalized spacial score (nSPS) is 16.0. The van der Waals surface area contributed by atoms with Crippen molar-refractivity contribution in [2.45, 2.75) is 10.3 Å². The Morgan fingerprint density at radius 2 is 1.76 bits per heavy atom. The van der Waals surface area contributed by atoms with Crippen LogP contribution in [-0.4, -0.2) is 34.3 Å². The third-order valence-electron chi connectivity index (χ3n) is 5.11. The van der Waals surface area contributed by atoms with Crippen LogP contribution in [0.4, 0.5) is 11.4 Å². The standard InChI is InChI=1S/C23H21ClN2O5S2/c1-30-16-9-12-20(21(13-16)31-2)26-22(27)14-32-23(26)18-5-3-4-6-19(18)25-33(28,29)17-10-7-15(24)8-11-17/h3-13,23,25H,14H2,1-2H3.